The molecule has 21 heavy (non-hydrogen) atoms. The second-order valence-electron chi connectivity index (χ2n) is 5.17. The molecule has 0 saturated carbocycles. The van der Waals surface area contributed by atoms with E-state index in [1.54, 1.807) is 6.92 Å². The molecule has 2 heterocycles. The zero-order valence-electron chi connectivity index (χ0n) is 12.0. The molecule has 2 aromatic heterocycles. The van der Waals surface area contributed by atoms with Crippen molar-refractivity contribution < 1.29 is 0 Å². The van der Waals surface area contributed by atoms with E-state index < -0.39 is 0 Å². The van der Waals surface area contributed by atoms with Gasteiger partial charge in [0.25, 0.3) is 5.56 Å². The number of aryl methyl sites for hydroxylation is 2. The molecule has 3 rings (SSSR count). The normalized spacial score (nSPS) is 12.8. The molecule has 0 bridgehead atoms. The third kappa shape index (κ3) is 2.48. The number of nitrogens with zero attached hydrogens (tertiary/aromatic N) is 3. The van der Waals surface area contributed by atoms with Crippen molar-refractivity contribution in [1.29, 1.82) is 0 Å². The van der Waals surface area contributed by atoms with Gasteiger partial charge in [0.1, 0.15) is 14.9 Å². The number of H-pyrrole nitrogens is 1. The Morgan fingerprint density at radius 2 is 1.90 bits per heavy atom. The first kappa shape index (κ1) is 14.2. The van der Waals surface area contributed by atoms with Gasteiger partial charge >= 0.3 is 0 Å². The number of fused-ring (bicyclic) bond motifs is 1. The number of rotatable bonds is 2. The number of hydrogen-bond acceptors (Lipinski definition) is 3. The largest absolute Gasteiger partial charge is 0.310 e. The molecule has 5 nitrogen and oxygen atoms in total. The van der Waals surface area contributed by atoms with Crippen molar-refractivity contribution in [1.82, 2.24) is 19.7 Å². The molecule has 0 aliphatic rings. The summed E-state index contributed by atoms with van der Waals surface area (Å²) in [6.07, 6.45) is 0. The van der Waals surface area contributed by atoms with Gasteiger partial charge in [-0.3, -0.25) is 4.79 Å². The predicted octanol–water partition coefficient (Wildman–Crippen LogP) is 2.95. The average molecular weight is 394 g/mol. The monoisotopic (exact) mass is 394 g/mol. The molecule has 0 aliphatic carbocycles. The molecule has 0 amide bonds. The van der Waals surface area contributed by atoms with E-state index in [1.807, 2.05) is 4.68 Å². The van der Waals surface area contributed by atoms with E-state index in [4.69, 9.17) is 0 Å². The highest BCUT2D eigenvalue weighted by atomic mass is 127. The van der Waals surface area contributed by atoms with Crippen molar-refractivity contribution in [3.63, 3.8) is 0 Å². The smallest absolute Gasteiger partial charge is 0.263 e. The van der Waals surface area contributed by atoms with Crippen molar-refractivity contribution in [2.75, 3.05) is 0 Å². The number of benzene rings is 1. The van der Waals surface area contributed by atoms with Crippen LogP contribution in [-0.2, 0) is 0 Å². The summed E-state index contributed by atoms with van der Waals surface area (Å²) in [5.74, 6) is 0.598. The lowest BCUT2D eigenvalue weighted by Gasteiger charge is -2.13. The third-order valence-corrected chi connectivity index (χ3v) is 4.32. The Hall–Kier alpha value is -1.70. The molecule has 0 saturated heterocycles. The van der Waals surface area contributed by atoms with Crippen molar-refractivity contribution in [2.45, 2.75) is 26.8 Å². The fourth-order valence-corrected chi connectivity index (χ4v) is 3.09. The fraction of sp³-hybridized carbons (Fsp3) is 0.267. The summed E-state index contributed by atoms with van der Waals surface area (Å²) < 4.78 is 2.50. The molecule has 1 atom stereocenters. The SMILES string of the molecule is Cc1ccc(C(C)n2nc(I)c3c(=O)[nH]c(C)nc32)cc1. The summed E-state index contributed by atoms with van der Waals surface area (Å²) in [5, 5.41) is 5.07. The lowest BCUT2D eigenvalue weighted by atomic mass is 10.1. The van der Waals surface area contributed by atoms with Gasteiger partial charge in [-0.1, -0.05) is 29.8 Å². The van der Waals surface area contributed by atoms with Crippen LogP contribution in [0.2, 0.25) is 0 Å². The van der Waals surface area contributed by atoms with E-state index in [-0.39, 0.29) is 11.6 Å². The topological polar surface area (TPSA) is 63.6 Å². The van der Waals surface area contributed by atoms with Crippen LogP contribution in [0, 0.1) is 17.5 Å². The molecule has 0 aliphatic heterocycles. The zero-order valence-corrected chi connectivity index (χ0v) is 14.2. The minimum Gasteiger partial charge on any atom is -0.310 e. The van der Waals surface area contributed by atoms with Gasteiger partial charge in [-0.05, 0) is 48.9 Å². The van der Waals surface area contributed by atoms with Crippen LogP contribution in [0.5, 0.6) is 0 Å². The molecule has 0 radical (unpaired) electrons. The lowest BCUT2D eigenvalue weighted by Crippen LogP contribution is -2.13. The second-order valence-corrected chi connectivity index (χ2v) is 6.19. The Morgan fingerprint density at radius 3 is 2.57 bits per heavy atom. The highest BCUT2D eigenvalue weighted by Crippen LogP contribution is 2.23. The van der Waals surface area contributed by atoms with Gasteiger partial charge < -0.3 is 4.98 Å². The number of hydrogen-bond donors (Lipinski definition) is 1. The Morgan fingerprint density at radius 1 is 1.24 bits per heavy atom. The van der Waals surface area contributed by atoms with Gasteiger partial charge in [-0.2, -0.15) is 5.10 Å². The maximum absolute atomic E-state index is 12.1. The zero-order chi connectivity index (χ0) is 15.1. The molecule has 3 aromatic rings. The number of halogens is 1. The minimum atomic E-state index is -0.135. The standard InChI is InChI=1S/C15H15IN4O/c1-8-4-6-11(7-5-8)9(2)20-14-12(13(16)19-20)15(21)18-10(3)17-14/h4-7,9H,1-3H3,(H,17,18,21). The molecule has 108 valence electrons. The van der Waals surface area contributed by atoms with Crippen molar-refractivity contribution in [2.24, 2.45) is 0 Å². The summed E-state index contributed by atoms with van der Waals surface area (Å²) in [4.78, 5) is 19.3. The van der Waals surface area contributed by atoms with Crippen molar-refractivity contribution in [3.05, 3.63) is 55.3 Å². The molecular weight excluding hydrogens is 379 g/mol. The van der Waals surface area contributed by atoms with E-state index in [2.05, 4.69) is 75.8 Å². The minimum absolute atomic E-state index is 0.0188. The van der Waals surface area contributed by atoms with Crippen LogP contribution in [0.25, 0.3) is 11.0 Å². The molecule has 1 unspecified atom stereocenters. The first-order chi connectivity index (χ1) is 9.97. The van der Waals surface area contributed by atoms with Gasteiger partial charge in [0, 0.05) is 0 Å². The number of aromatic nitrogens is 4. The Bertz CT molecular complexity index is 864. The Balaban J connectivity index is 2.20. The van der Waals surface area contributed by atoms with Crippen molar-refractivity contribution in [3.8, 4) is 0 Å². The van der Waals surface area contributed by atoms with Crippen LogP contribution >= 0.6 is 22.6 Å². The average Bonchev–Trinajstić information content (AvgIpc) is 2.76. The van der Waals surface area contributed by atoms with Gasteiger partial charge in [0.05, 0.1) is 6.04 Å². The van der Waals surface area contributed by atoms with E-state index in [0.29, 0.717) is 20.6 Å². The second kappa shape index (κ2) is 5.25. The predicted molar refractivity (Wildman–Crippen MR) is 90.6 cm³/mol. The van der Waals surface area contributed by atoms with Crippen LogP contribution in [0.4, 0.5) is 0 Å². The van der Waals surface area contributed by atoms with E-state index >= 15 is 0 Å². The van der Waals surface area contributed by atoms with Crippen LogP contribution in [0.1, 0.15) is 29.9 Å². The van der Waals surface area contributed by atoms with Crippen LogP contribution in [0.15, 0.2) is 29.1 Å². The number of aromatic amines is 1. The molecule has 0 fully saturated rings. The summed E-state index contributed by atoms with van der Waals surface area (Å²) in [6, 6.07) is 8.34. The molecular formula is C15H15IN4O. The fourth-order valence-electron chi connectivity index (χ4n) is 2.37. The van der Waals surface area contributed by atoms with Crippen molar-refractivity contribution >= 4 is 33.6 Å². The highest BCUT2D eigenvalue weighted by Gasteiger charge is 2.18. The van der Waals surface area contributed by atoms with Crippen LogP contribution in [-0.4, -0.2) is 19.7 Å². The molecule has 0 spiro atoms. The van der Waals surface area contributed by atoms with Gasteiger partial charge in [0.2, 0.25) is 0 Å². The maximum Gasteiger partial charge on any atom is 0.263 e. The van der Waals surface area contributed by atoms with E-state index in [0.717, 1.165) is 5.56 Å². The van der Waals surface area contributed by atoms with E-state index in [1.165, 1.54) is 5.56 Å². The summed E-state index contributed by atoms with van der Waals surface area (Å²) in [7, 11) is 0. The summed E-state index contributed by atoms with van der Waals surface area (Å²) in [6.45, 7) is 5.90. The molecule has 6 heteroatoms. The molecule has 1 N–H and O–H groups in total. The quantitative estimate of drug-likeness (QED) is 0.680. The first-order valence-electron chi connectivity index (χ1n) is 6.68. The highest BCUT2D eigenvalue weighted by molar-refractivity contribution is 14.1. The van der Waals surface area contributed by atoms with Gasteiger partial charge in [0.15, 0.2) is 5.65 Å². The lowest BCUT2D eigenvalue weighted by molar-refractivity contribution is 0.574. The number of nitrogens with one attached hydrogen (secondary N) is 1. The third-order valence-electron chi connectivity index (χ3n) is 3.56. The first-order valence-corrected chi connectivity index (χ1v) is 7.76. The summed E-state index contributed by atoms with van der Waals surface area (Å²) in [5.41, 5.74) is 2.86. The Labute approximate surface area is 135 Å². The maximum atomic E-state index is 12.1. The van der Waals surface area contributed by atoms with Gasteiger partial charge in [-0.15, -0.1) is 0 Å². The van der Waals surface area contributed by atoms with Crippen LogP contribution < -0.4 is 5.56 Å². The van der Waals surface area contributed by atoms with E-state index in [9.17, 15) is 4.79 Å². The molecule has 1 aromatic carbocycles. The Kier molecular flexibility index (Phi) is 3.56. The van der Waals surface area contributed by atoms with Gasteiger partial charge in [-0.25, -0.2) is 9.67 Å². The van der Waals surface area contributed by atoms with Crippen LogP contribution in [0.3, 0.4) is 0 Å². The summed E-state index contributed by atoms with van der Waals surface area (Å²) >= 11 is 2.08.